The van der Waals surface area contributed by atoms with Gasteiger partial charge in [-0.05, 0) is 56.2 Å². The number of hydrogen-bond acceptors (Lipinski definition) is 6. The van der Waals surface area contributed by atoms with Gasteiger partial charge in [-0.1, -0.05) is 18.2 Å². The average Bonchev–Trinajstić information content (AvgIpc) is 2.83. The van der Waals surface area contributed by atoms with Crippen LogP contribution in [0.25, 0.3) is 0 Å². The Hall–Kier alpha value is -3.61. The van der Waals surface area contributed by atoms with E-state index in [0.29, 0.717) is 35.6 Å². The first-order chi connectivity index (χ1) is 16.4. The lowest BCUT2D eigenvalue weighted by atomic mass is 9.71. The van der Waals surface area contributed by atoms with Gasteiger partial charge in [0.2, 0.25) is 0 Å². The van der Waals surface area contributed by atoms with E-state index in [1.165, 1.54) is 12.1 Å². The zero-order valence-electron chi connectivity index (χ0n) is 19.5. The van der Waals surface area contributed by atoms with Crippen molar-refractivity contribution in [3.8, 4) is 11.5 Å². The molecule has 0 amide bonds. The van der Waals surface area contributed by atoms with Crippen LogP contribution in [0.1, 0.15) is 43.7 Å². The maximum Gasteiger partial charge on any atom is 0.336 e. The number of hydrogen-bond donors (Lipinski definition) is 1. The number of allylic oxidation sites excluding steroid dienone is 3. The largest absolute Gasteiger partial charge is 0.496 e. The molecule has 0 radical (unpaired) electrons. The van der Waals surface area contributed by atoms with E-state index in [1.54, 1.807) is 26.2 Å². The summed E-state index contributed by atoms with van der Waals surface area (Å²) < 4.78 is 29.9. The van der Waals surface area contributed by atoms with Crippen molar-refractivity contribution in [3.63, 3.8) is 0 Å². The maximum absolute atomic E-state index is 13.2. The highest BCUT2D eigenvalue weighted by Gasteiger charge is 2.43. The molecule has 2 atom stereocenters. The number of rotatable bonds is 7. The summed E-state index contributed by atoms with van der Waals surface area (Å²) >= 11 is 0. The predicted molar refractivity (Wildman–Crippen MR) is 125 cm³/mol. The topological polar surface area (TPSA) is 73.9 Å². The quantitative estimate of drug-likeness (QED) is 0.592. The number of fused-ring (bicyclic) bond motifs is 1. The second-order valence-corrected chi connectivity index (χ2v) is 8.32. The highest BCUT2D eigenvalue weighted by atomic mass is 19.1. The highest BCUT2D eigenvalue weighted by Crippen LogP contribution is 2.44. The van der Waals surface area contributed by atoms with Gasteiger partial charge in [0, 0.05) is 29.3 Å². The Bertz CT molecular complexity index is 1150. The van der Waals surface area contributed by atoms with Crippen molar-refractivity contribution in [1.29, 1.82) is 0 Å². The van der Waals surface area contributed by atoms with Gasteiger partial charge in [0.15, 0.2) is 0 Å². The smallest absolute Gasteiger partial charge is 0.336 e. The third-order valence-corrected chi connectivity index (χ3v) is 6.19. The first kappa shape index (κ1) is 23.5. The van der Waals surface area contributed by atoms with Gasteiger partial charge >= 0.3 is 5.97 Å². The summed E-state index contributed by atoms with van der Waals surface area (Å²) in [5, 5.41) is 3.26. The third kappa shape index (κ3) is 4.69. The van der Waals surface area contributed by atoms with E-state index in [2.05, 4.69) is 5.32 Å². The molecule has 0 aromatic heterocycles. The van der Waals surface area contributed by atoms with Crippen LogP contribution in [0, 0.1) is 11.7 Å². The summed E-state index contributed by atoms with van der Waals surface area (Å²) in [4.78, 5) is 26.0. The normalized spacial score (nSPS) is 19.6. The molecule has 0 fully saturated rings. The number of nitrogens with one attached hydrogen (secondary N) is 1. The van der Waals surface area contributed by atoms with E-state index in [9.17, 15) is 14.0 Å². The molecule has 178 valence electrons. The lowest BCUT2D eigenvalue weighted by Gasteiger charge is -2.38. The van der Waals surface area contributed by atoms with Crippen LogP contribution < -0.4 is 14.8 Å². The van der Waals surface area contributed by atoms with Gasteiger partial charge in [-0.2, -0.15) is 0 Å². The molecule has 4 rings (SSSR count). The number of methoxy groups -OCH3 is 1. The van der Waals surface area contributed by atoms with Crippen molar-refractivity contribution in [2.45, 2.75) is 39.2 Å². The molecule has 2 unspecified atom stereocenters. The van der Waals surface area contributed by atoms with Gasteiger partial charge in [-0.25, -0.2) is 9.18 Å². The van der Waals surface area contributed by atoms with Crippen LogP contribution in [0.2, 0.25) is 0 Å². The summed E-state index contributed by atoms with van der Waals surface area (Å²) in [6.07, 6.45) is 3.14. The highest BCUT2D eigenvalue weighted by molar-refractivity contribution is 5.96. The molecule has 2 aliphatic rings. The van der Waals surface area contributed by atoms with Crippen LogP contribution in [0.15, 0.2) is 65.5 Å². The van der Waals surface area contributed by atoms with Crippen LogP contribution in [-0.4, -0.2) is 25.5 Å². The summed E-state index contributed by atoms with van der Waals surface area (Å²) in [6.45, 7) is 4.05. The van der Waals surface area contributed by atoms with E-state index in [4.69, 9.17) is 14.2 Å². The Morgan fingerprint density at radius 1 is 1.15 bits per heavy atom. The molecule has 2 aromatic carbocycles. The van der Waals surface area contributed by atoms with Crippen LogP contribution in [-0.2, 0) is 20.9 Å². The molecule has 1 aliphatic heterocycles. The first-order valence-corrected chi connectivity index (χ1v) is 11.4. The Morgan fingerprint density at radius 2 is 1.91 bits per heavy atom. The fourth-order valence-corrected chi connectivity index (χ4v) is 4.62. The number of halogens is 1. The van der Waals surface area contributed by atoms with Crippen LogP contribution in [0.5, 0.6) is 11.5 Å². The van der Waals surface area contributed by atoms with Gasteiger partial charge in [-0.15, -0.1) is 0 Å². The molecule has 1 heterocycles. The van der Waals surface area contributed by atoms with Gasteiger partial charge in [0.05, 0.1) is 25.2 Å². The van der Waals surface area contributed by atoms with Gasteiger partial charge < -0.3 is 19.5 Å². The molecule has 0 spiro atoms. The van der Waals surface area contributed by atoms with Crippen molar-refractivity contribution in [2.75, 3.05) is 13.7 Å². The van der Waals surface area contributed by atoms with Crippen molar-refractivity contribution in [2.24, 2.45) is 5.92 Å². The molecule has 34 heavy (non-hydrogen) atoms. The number of Topliss-reactive ketones (excluding diaryl/α,β-unsaturated/α-hetero) is 1. The standard InChI is InChI=1S/C27H28FNO5/c1-4-33-27(31)24-16(2)29-21-6-5-7-22(30)26(21)25(24)17-8-9-18(23(14-17)32-3)15-34-20-12-10-19(28)11-13-20/h6,8-14,25-26,29H,4-5,7,15H2,1-3H3. The third-order valence-electron chi connectivity index (χ3n) is 6.19. The molecule has 1 N–H and O–H groups in total. The van der Waals surface area contributed by atoms with Crippen LogP contribution >= 0.6 is 0 Å². The molecule has 0 saturated carbocycles. The van der Waals surface area contributed by atoms with Gasteiger partial charge in [0.1, 0.15) is 29.7 Å². The lowest BCUT2D eigenvalue weighted by molar-refractivity contribution is -0.139. The van der Waals surface area contributed by atoms with Crippen molar-refractivity contribution in [3.05, 3.63) is 82.5 Å². The molecule has 0 saturated heterocycles. The summed E-state index contributed by atoms with van der Waals surface area (Å²) in [5.41, 5.74) is 3.54. The molecular weight excluding hydrogens is 437 g/mol. The molecule has 2 aromatic rings. The van der Waals surface area contributed by atoms with E-state index >= 15 is 0 Å². The lowest BCUT2D eigenvalue weighted by Crippen LogP contribution is -2.40. The zero-order valence-corrected chi connectivity index (χ0v) is 19.5. The number of carbonyl (C=O) groups excluding carboxylic acids is 2. The van der Waals surface area contributed by atoms with Gasteiger partial charge in [0.25, 0.3) is 0 Å². The fourth-order valence-electron chi connectivity index (χ4n) is 4.62. The molecule has 0 bridgehead atoms. The van der Waals surface area contributed by atoms with Gasteiger partial charge in [-0.3, -0.25) is 4.79 Å². The second-order valence-electron chi connectivity index (χ2n) is 8.32. The minimum absolute atomic E-state index is 0.0898. The Morgan fingerprint density at radius 3 is 2.62 bits per heavy atom. The van der Waals surface area contributed by atoms with Crippen molar-refractivity contribution in [1.82, 2.24) is 5.32 Å². The molecular formula is C27H28FNO5. The number of esters is 1. The van der Waals surface area contributed by atoms with E-state index in [-0.39, 0.29) is 24.8 Å². The minimum Gasteiger partial charge on any atom is -0.496 e. The molecule has 7 heteroatoms. The Kier molecular flexibility index (Phi) is 7.01. The number of carbonyl (C=O) groups is 2. The fraction of sp³-hybridized carbons (Fsp3) is 0.333. The first-order valence-electron chi connectivity index (χ1n) is 11.4. The zero-order chi connectivity index (χ0) is 24.2. The van der Waals surface area contributed by atoms with Crippen LogP contribution in [0.3, 0.4) is 0 Å². The van der Waals surface area contributed by atoms with E-state index in [1.807, 2.05) is 31.2 Å². The monoisotopic (exact) mass is 465 g/mol. The van der Waals surface area contributed by atoms with Crippen molar-refractivity contribution >= 4 is 11.8 Å². The Labute approximate surface area is 198 Å². The summed E-state index contributed by atoms with van der Waals surface area (Å²) in [7, 11) is 1.56. The van der Waals surface area contributed by atoms with Crippen LogP contribution in [0.4, 0.5) is 4.39 Å². The minimum atomic E-state index is -0.486. The Balaban J connectivity index is 1.70. The predicted octanol–water partition coefficient (Wildman–Crippen LogP) is 4.80. The molecule has 1 aliphatic carbocycles. The number of ether oxygens (including phenoxy) is 3. The average molecular weight is 466 g/mol. The summed E-state index contributed by atoms with van der Waals surface area (Å²) in [6, 6.07) is 11.4. The number of benzene rings is 2. The van der Waals surface area contributed by atoms with Crippen molar-refractivity contribution < 1.29 is 28.2 Å². The second kappa shape index (κ2) is 10.1. The SMILES string of the molecule is CCOC(=O)C1=C(C)NC2=CCCC(=O)C2C1c1ccc(COc2ccc(F)cc2)c(OC)c1. The van der Waals surface area contributed by atoms with E-state index < -0.39 is 17.8 Å². The molecule has 6 nitrogen and oxygen atoms in total. The maximum atomic E-state index is 13.2. The number of ketones is 1. The van der Waals surface area contributed by atoms with E-state index in [0.717, 1.165) is 16.8 Å². The summed E-state index contributed by atoms with van der Waals surface area (Å²) in [5.74, 6) is -0.528.